The highest BCUT2D eigenvalue weighted by Gasteiger charge is 2.31. The van der Waals surface area contributed by atoms with Gasteiger partial charge in [-0.1, -0.05) is 13.8 Å². The summed E-state index contributed by atoms with van der Waals surface area (Å²) in [6.45, 7) is 4.64. The first kappa shape index (κ1) is 11.6. The molecule has 2 rings (SSSR count). The van der Waals surface area contributed by atoms with Gasteiger partial charge in [-0.25, -0.2) is 0 Å². The van der Waals surface area contributed by atoms with Crippen LogP contribution in [-0.4, -0.2) is 14.9 Å². The molecule has 1 aliphatic carbocycles. The Balaban J connectivity index is 1.99. The molecule has 1 aromatic rings. The van der Waals surface area contributed by atoms with E-state index in [1.54, 1.807) is 10.9 Å². The molecular formula is C13H22N2O. The maximum atomic E-state index is 10.3. The summed E-state index contributed by atoms with van der Waals surface area (Å²) < 4.78 is 1.76. The van der Waals surface area contributed by atoms with Crippen molar-refractivity contribution in [2.45, 2.75) is 45.6 Å². The van der Waals surface area contributed by atoms with Gasteiger partial charge < -0.3 is 5.11 Å². The minimum Gasteiger partial charge on any atom is -0.388 e. The standard InChI is InChI=1S/C13H22N2O/c1-13(2)6-4-10(5-7-13)12(16)11-8-14-15(3)9-11/h8-10,12,16H,4-7H2,1-3H3. The van der Waals surface area contributed by atoms with Crippen LogP contribution < -0.4 is 0 Å². The van der Waals surface area contributed by atoms with E-state index >= 15 is 0 Å². The lowest BCUT2D eigenvalue weighted by molar-refractivity contribution is 0.0567. The molecule has 1 saturated carbocycles. The zero-order valence-electron chi connectivity index (χ0n) is 10.5. The normalized spacial score (nSPS) is 23.2. The predicted octanol–water partition coefficient (Wildman–Crippen LogP) is 2.67. The molecular weight excluding hydrogens is 200 g/mol. The maximum Gasteiger partial charge on any atom is 0.0848 e. The Bertz CT molecular complexity index is 347. The van der Waals surface area contributed by atoms with Gasteiger partial charge in [0.05, 0.1) is 12.3 Å². The molecule has 0 saturated heterocycles. The highest BCUT2D eigenvalue weighted by atomic mass is 16.3. The molecule has 0 radical (unpaired) electrons. The van der Waals surface area contributed by atoms with Gasteiger partial charge in [0.1, 0.15) is 0 Å². The molecule has 3 heteroatoms. The smallest absolute Gasteiger partial charge is 0.0848 e. The van der Waals surface area contributed by atoms with E-state index in [-0.39, 0.29) is 6.10 Å². The Hall–Kier alpha value is -0.830. The van der Waals surface area contributed by atoms with E-state index in [1.165, 1.54) is 12.8 Å². The van der Waals surface area contributed by atoms with E-state index in [4.69, 9.17) is 0 Å². The number of aryl methyl sites for hydroxylation is 1. The lowest BCUT2D eigenvalue weighted by atomic mass is 9.71. The monoisotopic (exact) mass is 222 g/mol. The van der Waals surface area contributed by atoms with Gasteiger partial charge >= 0.3 is 0 Å². The van der Waals surface area contributed by atoms with Crippen molar-refractivity contribution in [1.82, 2.24) is 9.78 Å². The summed E-state index contributed by atoms with van der Waals surface area (Å²) in [6.07, 6.45) is 8.06. The van der Waals surface area contributed by atoms with Gasteiger partial charge in [-0.3, -0.25) is 4.68 Å². The molecule has 0 amide bonds. The van der Waals surface area contributed by atoms with Gasteiger partial charge in [0.15, 0.2) is 0 Å². The lowest BCUT2D eigenvalue weighted by Crippen LogP contribution is -2.25. The fourth-order valence-electron chi connectivity index (χ4n) is 2.60. The molecule has 90 valence electrons. The topological polar surface area (TPSA) is 38.0 Å². The quantitative estimate of drug-likeness (QED) is 0.835. The van der Waals surface area contributed by atoms with E-state index in [0.29, 0.717) is 11.3 Å². The maximum absolute atomic E-state index is 10.3. The molecule has 0 aliphatic heterocycles. The summed E-state index contributed by atoms with van der Waals surface area (Å²) in [7, 11) is 1.89. The second-order valence-electron chi connectivity index (χ2n) is 5.89. The molecule has 1 atom stereocenters. The fourth-order valence-corrected chi connectivity index (χ4v) is 2.60. The Morgan fingerprint density at radius 1 is 1.44 bits per heavy atom. The van der Waals surface area contributed by atoms with Crippen molar-refractivity contribution >= 4 is 0 Å². The van der Waals surface area contributed by atoms with Gasteiger partial charge in [-0.15, -0.1) is 0 Å². The molecule has 1 unspecified atom stereocenters. The molecule has 0 spiro atoms. The summed E-state index contributed by atoms with van der Waals surface area (Å²) in [5, 5.41) is 14.4. The van der Waals surface area contributed by atoms with Gasteiger partial charge in [-0.05, 0) is 37.0 Å². The molecule has 0 bridgehead atoms. The highest BCUT2D eigenvalue weighted by Crippen LogP contribution is 2.42. The van der Waals surface area contributed by atoms with E-state index in [9.17, 15) is 5.11 Å². The summed E-state index contributed by atoms with van der Waals surface area (Å²) in [5.74, 6) is 0.414. The van der Waals surface area contributed by atoms with Gasteiger partial charge in [0, 0.05) is 18.8 Å². The average Bonchev–Trinajstić information content (AvgIpc) is 2.64. The van der Waals surface area contributed by atoms with Crippen molar-refractivity contribution in [2.75, 3.05) is 0 Å². The predicted molar refractivity (Wildman–Crippen MR) is 63.9 cm³/mol. The van der Waals surface area contributed by atoms with Crippen LogP contribution in [0.1, 0.15) is 51.2 Å². The summed E-state index contributed by atoms with van der Waals surface area (Å²) in [4.78, 5) is 0. The van der Waals surface area contributed by atoms with Gasteiger partial charge in [0.25, 0.3) is 0 Å². The van der Waals surface area contributed by atoms with Crippen LogP contribution >= 0.6 is 0 Å². The Labute approximate surface area is 97.5 Å². The molecule has 1 N–H and O–H groups in total. The first-order valence-electron chi connectivity index (χ1n) is 6.14. The first-order chi connectivity index (χ1) is 7.48. The summed E-state index contributed by atoms with van der Waals surface area (Å²) in [5.41, 5.74) is 1.43. The molecule has 1 aliphatic rings. The van der Waals surface area contributed by atoms with Crippen LogP contribution in [0.15, 0.2) is 12.4 Å². The zero-order chi connectivity index (χ0) is 11.8. The first-order valence-corrected chi connectivity index (χ1v) is 6.14. The van der Waals surface area contributed by atoms with Crippen molar-refractivity contribution < 1.29 is 5.11 Å². The molecule has 3 nitrogen and oxygen atoms in total. The van der Waals surface area contributed by atoms with Crippen LogP contribution in [0.4, 0.5) is 0 Å². The largest absolute Gasteiger partial charge is 0.388 e. The number of nitrogens with zero attached hydrogens (tertiary/aromatic N) is 2. The summed E-state index contributed by atoms with van der Waals surface area (Å²) >= 11 is 0. The van der Waals surface area contributed by atoms with E-state index < -0.39 is 0 Å². The molecule has 1 heterocycles. The average molecular weight is 222 g/mol. The number of aliphatic hydroxyl groups excluding tert-OH is 1. The van der Waals surface area contributed by atoms with E-state index in [2.05, 4.69) is 18.9 Å². The Kier molecular flexibility index (Phi) is 3.06. The van der Waals surface area contributed by atoms with Crippen LogP contribution in [0.3, 0.4) is 0 Å². The number of aliphatic hydroxyl groups is 1. The minimum absolute atomic E-state index is 0.329. The lowest BCUT2D eigenvalue weighted by Gasteiger charge is -2.36. The number of aromatic nitrogens is 2. The van der Waals surface area contributed by atoms with Crippen molar-refractivity contribution in [3.05, 3.63) is 18.0 Å². The molecule has 0 aromatic carbocycles. The number of hydrogen-bond acceptors (Lipinski definition) is 2. The third-order valence-electron chi connectivity index (χ3n) is 3.90. The SMILES string of the molecule is Cn1cc(C(O)C2CCC(C)(C)CC2)cn1. The fraction of sp³-hybridized carbons (Fsp3) is 0.769. The van der Waals surface area contributed by atoms with Crippen molar-refractivity contribution in [2.24, 2.45) is 18.4 Å². The van der Waals surface area contributed by atoms with Crippen LogP contribution in [0.25, 0.3) is 0 Å². The van der Waals surface area contributed by atoms with Gasteiger partial charge in [0.2, 0.25) is 0 Å². The molecule has 1 fully saturated rings. The van der Waals surface area contributed by atoms with Crippen LogP contribution in [0.2, 0.25) is 0 Å². The highest BCUT2D eigenvalue weighted by molar-refractivity contribution is 5.09. The van der Waals surface area contributed by atoms with Crippen molar-refractivity contribution in [1.29, 1.82) is 0 Å². The molecule has 16 heavy (non-hydrogen) atoms. The second kappa shape index (κ2) is 4.21. The van der Waals surface area contributed by atoms with Crippen molar-refractivity contribution in [3.63, 3.8) is 0 Å². The van der Waals surface area contributed by atoms with E-state index in [0.717, 1.165) is 18.4 Å². The van der Waals surface area contributed by atoms with E-state index in [1.807, 2.05) is 13.2 Å². The minimum atomic E-state index is -0.329. The molecule has 1 aromatic heterocycles. The van der Waals surface area contributed by atoms with Gasteiger partial charge in [-0.2, -0.15) is 5.10 Å². The second-order valence-corrected chi connectivity index (χ2v) is 5.89. The Morgan fingerprint density at radius 2 is 2.06 bits per heavy atom. The Morgan fingerprint density at radius 3 is 2.56 bits per heavy atom. The zero-order valence-corrected chi connectivity index (χ0v) is 10.5. The third-order valence-corrected chi connectivity index (χ3v) is 3.90. The number of hydrogen-bond donors (Lipinski definition) is 1. The number of rotatable bonds is 2. The summed E-state index contributed by atoms with van der Waals surface area (Å²) in [6, 6.07) is 0. The van der Waals surface area contributed by atoms with Crippen LogP contribution in [0.5, 0.6) is 0 Å². The van der Waals surface area contributed by atoms with Crippen molar-refractivity contribution in [3.8, 4) is 0 Å². The van der Waals surface area contributed by atoms with Crippen LogP contribution in [-0.2, 0) is 7.05 Å². The van der Waals surface area contributed by atoms with Crippen LogP contribution in [0, 0.1) is 11.3 Å². The third kappa shape index (κ3) is 2.46.